The maximum Gasteiger partial charge on any atom is 0.271 e. The maximum atomic E-state index is 12.0. The van der Waals surface area contributed by atoms with Gasteiger partial charge in [0, 0.05) is 36.3 Å². The van der Waals surface area contributed by atoms with E-state index in [0.717, 1.165) is 22.4 Å². The lowest BCUT2D eigenvalue weighted by atomic mass is 10.1. The molecule has 22 heavy (non-hydrogen) atoms. The van der Waals surface area contributed by atoms with Gasteiger partial charge >= 0.3 is 0 Å². The summed E-state index contributed by atoms with van der Waals surface area (Å²) in [5, 5.41) is 2.80. The van der Waals surface area contributed by atoms with Crippen LogP contribution in [0.4, 0.5) is 0 Å². The number of nitrogens with zero attached hydrogens (tertiary/aromatic N) is 3. The third kappa shape index (κ3) is 3.17. The van der Waals surface area contributed by atoms with E-state index in [2.05, 4.69) is 20.3 Å². The van der Waals surface area contributed by atoms with E-state index < -0.39 is 0 Å². The first-order valence-corrected chi connectivity index (χ1v) is 6.76. The average Bonchev–Trinajstić information content (AvgIpc) is 3.08. The van der Waals surface area contributed by atoms with Crippen LogP contribution >= 0.6 is 0 Å². The van der Waals surface area contributed by atoms with Gasteiger partial charge in [0.2, 0.25) is 0 Å². The second-order valence-electron chi connectivity index (χ2n) is 4.82. The predicted molar refractivity (Wildman–Crippen MR) is 79.9 cm³/mol. The fourth-order valence-corrected chi connectivity index (χ4v) is 1.95. The number of carbonyl (C=O) groups is 1. The van der Waals surface area contributed by atoms with Gasteiger partial charge in [0.25, 0.3) is 5.91 Å². The zero-order valence-electron chi connectivity index (χ0n) is 12.0. The number of aryl methyl sites for hydroxylation is 1. The minimum Gasteiger partial charge on any atom is -0.472 e. The summed E-state index contributed by atoms with van der Waals surface area (Å²) in [5.41, 5.74) is 3.85. The molecular formula is C16H14N4O2. The van der Waals surface area contributed by atoms with Gasteiger partial charge in [0.1, 0.15) is 5.69 Å². The molecular weight excluding hydrogens is 280 g/mol. The summed E-state index contributed by atoms with van der Waals surface area (Å²) < 4.78 is 5.06. The number of hydrogen-bond acceptors (Lipinski definition) is 5. The Morgan fingerprint density at radius 2 is 2.09 bits per heavy atom. The van der Waals surface area contributed by atoms with Crippen molar-refractivity contribution in [1.29, 1.82) is 0 Å². The van der Waals surface area contributed by atoms with Crippen LogP contribution in [0.1, 0.15) is 21.7 Å². The Morgan fingerprint density at radius 3 is 2.82 bits per heavy atom. The van der Waals surface area contributed by atoms with Gasteiger partial charge in [-0.25, -0.2) is 4.98 Å². The van der Waals surface area contributed by atoms with Crippen molar-refractivity contribution in [3.63, 3.8) is 0 Å². The summed E-state index contributed by atoms with van der Waals surface area (Å²) in [5.74, 6) is -0.263. The zero-order chi connectivity index (χ0) is 15.4. The number of aromatic nitrogens is 3. The minimum absolute atomic E-state index is 0.263. The highest BCUT2D eigenvalue weighted by Crippen LogP contribution is 2.19. The Bertz CT molecular complexity index is 767. The van der Waals surface area contributed by atoms with Crippen LogP contribution in [-0.4, -0.2) is 20.9 Å². The van der Waals surface area contributed by atoms with Gasteiger partial charge < -0.3 is 9.73 Å². The molecule has 0 spiro atoms. The molecule has 6 heteroatoms. The molecule has 3 heterocycles. The first-order chi connectivity index (χ1) is 10.7. The molecule has 0 radical (unpaired) electrons. The van der Waals surface area contributed by atoms with Crippen LogP contribution in [0.25, 0.3) is 11.1 Å². The van der Waals surface area contributed by atoms with Crippen LogP contribution in [0.15, 0.2) is 53.9 Å². The topological polar surface area (TPSA) is 80.9 Å². The predicted octanol–water partition coefficient (Wildman–Crippen LogP) is 2.37. The van der Waals surface area contributed by atoms with Crippen molar-refractivity contribution in [2.24, 2.45) is 0 Å². The fraction of sp³-hybridized carbons (Fsp3) is 0.125. The number of hydrogen-bond donors (Lipinski definition) is 1. The molecule has 3 aromatic heterocycles. The summed E-state index contributed by atoms with van der Waals surface area (Å²) in [7, 11) is 0. The Balaban J connectivity index is 1.67. The number of pyridine rings is 1. The molecule has 0 unspecified atom stereocenters. The van der Waals surface area contributed by atoms with Gasteiger partial charge in [0.05, 0.1) is 24.4 Å². The molecule has 3 aromatic rings. The number of rotatable bonds is 4. The molecule has 0 aliphatic rings. The lowest BCUT2D eigenvalue weighted by Crippen LogP contribution is -2.24. The molecule has 0 aliphatic carbocycles. The third-order valence-corrected chi connectivity index (χ3v) is 3.12. The van der Waals surface area contributed by atoms with Crippen LogP contribution in [-0.2, 0) is 6.54 Å². The molecule has 0 saturated heterocycles. The summed E-state index contributed by atoms with van der Waals surface area (Å²) in [4.78, 5) is 24.3. The molecule has 0 atom stereocenters. The van der Waals surface area contributed by atoms with Crippen LogP contribution in [0, 0.1) is 6.92 Å². The van der Waals surface area contributed by atoms with Crippen molar-refractivity contribution in [2.45, 2.75) is 13.5 Å². The van der Waals surface area contributed by atoms with Gasteiger partial charge in [-0.2, -0.15) is 0 Å². The van der Waals surface area contributed by atoms with Crippen LogP contribution in [0.3, 0.4) is 0 Å². The largest absolute Gasteiger partial charge is 0.472 e. The lowest BCUT2D eigenvalue weighted by Gasteiger charge is -2.06. The van der Waals surface area contributed by atoms with Crippen LogP contribution in [0.5, 0.6) is 0 Å². The Kier molecular flexibility index (Phi) is 3.91. The Morgan fingerprint density at radius 1 is 1.18 bits per heavy atom. The second-order valence-corrected chi connectivity index (χ2v) is 4.82. The van der Waals surface area contributed by atoms with E-state index in [1.54, 1.807) is 31.1 Å². The maximum absolute atomic E-state index is 12.0. The molecule has 6 nitrogen and oxygen atoms in total. The summed E-state index contributed by atoms with van der Waals surface area (Å²) in [6.45, 7) is 2.19. The van der Waals surface area contributed by atoms with E-state index in [-0.39, 0.29) is 5.91 Å². The van der Waals surface area contributed by atoms with E-state index in [0.29, 0.717) is 12.2 Å². The summed E-state index contributed by atoms with van der Waals surface area (Å²) in [6.07, 6.45) is 9.76. The average molecular weight is 294 g/mol. The van der Waals surface area contributed by atoms with Gasteiger partial charge in [0.15, 0.2) is 0 Å². The van der Waals surface area contributed by atoms with Gasteiger partial charge in [-0.15, -0.1) is 0 Å². The van der Waals surface area contributed by atoms with E-state index >= 15 is 0 Å². The molecule has 0 aliphatic heterocycles. The van der Waals surface area contributed by atoms with Crippen LogP contribution in [0.2, 0.25) is 0 Å². The fourth-order valence-electron chi connectivity index (χ4n) is 1.95. The third-order valence-electron chi connectivity index (χ3n) is 3.12. The van der Waals surface area contributed by atoms with E-state index in [4.69, 9.17) is 4.42 Å². The molecule has 0 fully saturated rings. The van der Waals surface area contributed by atoms with E-state index in [9.17, 15) is 4.79 Å². The highest BCUT2D eigenvalue weighted by Gasteiger charge is 2.08. The minimum atomic E-state index is -0.263. The Labute approximate surface area is 127 Å². The first kappa shape index (κ1) is 13.9. The molecule has 110 valence electrons. The number of carbonyl (C=O) groups excluding carboxylic acids is 1. The molecule has 0 bridgehead atoms. The highest BCUT2D eigenvalue weighted by molar-refractivity contribution is 5.91. The standard InChI is InChI=1S/C16H14N4O2/c1-11-5-19-15(9-18-11)16(21)20-7-12-4-14(8-17-6-12)13-2-3-22-10-13/h2-6,8-10H,7H2,1H3,(H,20,21). The highest BCUT2D eigenvalue weighted by atomic mass is 16.3. The van der Waals surface area contributed by atoms with Crippen molar-refractivity contribution in [2.75, 3.05) is 0 Å². The van der Waals surface area contributed by atoms with E-state index in [1.165, 1.54) is 6.20 Å². The summed E-state index contributed by atoms with van der Waals surface area (Å²) >= 11 is 0. The van der Waals surface area contributed by atoms with Crippen molar-refractivity contribution in [3.8, 4) is 11.1 Å². The monoisotopic (exact) mass is 294 g/mol. The molecule has 0 saturated carbocycles. The summed E-state index contributed by atoms with van der Waals surface area (Å²) in [6, 6.07) is 3.82. The number of nitrogens with one attached hydrogen (secondary N) is 1. The van der Waals surface area contributed by atoms with Crippen molar-refractivity contribution < 1.29 is 9.21 Å². The van der Waals surface area contributed by atoms with Crippen molar-refractivity contribution in [3.05, 3.63) is 66.4 Å². The zero-order valence-corrected chi connectivity index (χ0v) is 12.0. The molecule has 3 rings (SSSR count). The Hall–Kier alpha value is -3.02. The SMILES string of the molecule is Cc1cnc(C(=O)NCc2cncc(-c3ccoc3)c2)cn1. The van der Waals surface area contributed by atoms with Crippen LogP contribution < -0.4 is 5.32 Å². The second kappa shape index (κ2) is 6.17. The number of furan rings is 1. The van der Waals surface area contributed by atoms with Crippen molar-refractivity contribution in [1.82, 2.24) is 20.3 Å². The lowest BCUT2D eigenvalue weighted by molar-refractivity contribution is 0.0945. The van der Waals surface area contributed by atoms with Crippen molar-refractivity contribution >= 4 is 5.91 Å². The number of amides is 1. The molecule has 1 amide bonds. The molecule has 0 aromatic carbocycles. The van der Waals surface area contributed by atoms with E-state index in [1.807, 2.05) is 19.1 Å². The first-order valence-electron chi connectivity index (χ1n) is 6.76. The normalized spacial score (nSPS) is 10.4. The molecule has 1 N–H and O–H groups in total. The smallest absolute Gasteiger partial charge is 0.271 e. The van der Waals surface area contributed by atoms with Gasteiger partial charge in [-0.05, 0) is 24.6 Å². The van der Waals surface area contributed by atoms with Gasteiger partial charge in [-0.3, -0.25) is 14.8 Å². The quantitative estimate of drug-likeness (QED) is 0.799. The van der Waals surface area contributed by atoms with Gasteiger partial charge in [-0.1, -0.05) is 0 Å².